The standard InChI is InChI=1S/C29H36N4O4/c1-19-16-33(20(2)18-34)28(35)15-22-14-23(12-13-26(22)37-27(19)17-32(3)4)30-29(36)31-25-11-7-9-21-8-5-6-10-24(21)25/h5-14,19-20,27,34H,15-18H2,1-4H3,(H2,30,31,36)/t19-,20-,27-/m1/s1. The quantitative estimate of drug-likeness (QED) is 0.468. The molecule has 1 aliphatic rings. The number of rotatable bonds is 6. The minimum Gasteiger partial charge on any atom is -0.488 e. The van der Waals surface area contributed by atoms with Gasteiger partial charge in [0.25, 0.3) is 0 Å². The number of amides is 3. The van der Waals surface area contributed by atoms with Crippen LogP contribution in [0.3, 0.4) is 0 Å². The Balaban J connectivity index is 1.58. The summed E-state index contributed by atoms with van der Waals surface area (Å²) in [5, 5.41) is 17.6. The van der Waals surface area contributed by atoms with Gasteiger partial charge in [0.15, 0.2) is 0 Å². The second-order valence-corrected chi connectivity index (χ2v) is 10.1. The number of likely N-dealkylation sites (N-methyl/N-ethyl adjacent to an activating group) is 1. The molecule has 0 radical (unpaired) electrons. The van der Waals surface area contributed by atoms with Crippen molar-refractivity contribution in [2.75, 3.05) is 44.4 Å². The van der Waals surface area contributed by atoms with Gasteiger partial charge in [0.2, 0.25) is 5.91 Å². The number of benzene rings is 3. The fourth-order valence-electron chi connectivity index (χ4n) is 4.70. The second kappa shape index (κ2) is 11.6. The Labute approximate surface area is 218 Å². The van der Waals surface area contributed by atoms with Crippen molar-refractivity contribution in [3.63, 3.8) is 0 Å². The van der Waals surface area contributed by atoms with E-state index in [-0.39, 0.29) is 43.0 Å². The summed E-state index contributed by atoms with van der Waals surface area (Å²) >= 11 is 0. The van der Waals surface area contributed by atoms with E-state index < -0.39 is 0 Å². The Morgan fingerprint density at radius 3 is 2.65 bits per heavy atom. The second-order valence-electron chi connectivity index (χ2n) is 10.1. The lowest BCUT2D eigenvalue weighted by Gasteiger charge is -2.33. The number of carbonyl (C=O) groups excluding carboxylic acids is 2. The highest BCUT2D eigenvalue weighted by Crippen LogP contribution is 2.29. The summed E-state index contributed by atoms with van der Waals surface area (Å²) in [6.45, 7) is 4.98. The summed E-state index contributed by atoms with van der Waals surface area (Å²) in [5.74, 6) is 0.599. The molecule has 196 valence electrons. The van der Waals surface area contributed by atoms with Gasteiger partial charge in [0, 0.05) is 35.6 Å². The highest BCUT2D eigenvalue weighted by Gasteiger charge is 2.30. The number of hydrogen-bond donors (Lipinski definition) is 3. The van der Waals surface area contributed by atoms with Crippen molar-refractivity contribution >= 4 is 34.1 Å². The zero-order valence-electron chi connectivity index (χ0n) is 21.9. The third-order valence-corrected chi connectivity index (χ3v) is 6.76. The summed E-state index contributed by atoms with van der Waals surface area (Å²) in [6, 6.07) is 18.3. The lowest BCUT2D eigenvalue weighted by Crippen LogP contribution is -2.47. The number of urea groups is 1. The Morgan fingerprint density at radius 1 is 1.14 bits per heavy atom. The molecule has 4 rings (SSSR count). The van der Waals surface area contributed by atoms with Gasteiger partial charge in [-0.05, 0) is 50.7 Å². The van der Waals surface area contributed by atoms with Crippen molar-refractivity contribution in [2.45, 2.75) is 32.4 Å². The lowest BCUT2D eigenvalue weighted by molar-refractivity contribution is -0.134. The fourth-order valence-corrected chi connectivity index (χ4v) is 4.70. The number of aliphatic hydroxyl groups excluding tert-OH is 1. The van der Waals surface area contributed by atoms with E-state index in [9.17, 15) is 14.7 Å². The maximum Gasteiger partial charge on any atom is 0.323 e. The van der Waals surface area contributed by atoms with Crippen LogP contribution >= 0.6 is 0 Å². The number of ether oxygens (including phenoxy) is 1. The first-order chi connectivity index (χ1) is 17.7. The first kappa shape index (κ1) is 26.4. The van der Waals surface area contributed by atoms with E-state index >= 15 is 0 Å². The first-order valence-electron chi connectivity index (χ1n) is 12.7. The minimum absolute atomic E-state index is 0.0515. The van der Waals surface area contributed by atoms with Gasteiger partial charge in [-0.25, -0.2) is 4.79 Å². The highest BCUT2D eigenvalue weighted by molar-refractivity contribution is 6.06. The van der Waals surface area contributed by atoms with Crippen molar-refractivity contribution < 1.29 is 19.4 Å². The van der Waals surface area contributed by atoms with Crippen LogP contribution in [0.1, 0.15) is 19.4 Å². The van der Waals surface area contributed by atoms with Crippen LogP contribution in [0, 0.1) is 5.92 Å². The Kier molecular flexibility index (Phi) is 8.31. The number of nitrogens with one attached hydrogen (secondary N) is 2. The van der Waals surface area contributed by atoms with Crippen LogP contribution in [0.2, 0.25) is 0 Å². The molecular formula is C29H36N4O4. The van der Waals surface area contributed by atoms with E-state index in [0.29, 0.717) is 35.8 Å². The molecule has 3 aromatic carbocycles. The van der Waals surface area contributed by atoms with Gasteiger partial charge in [-0.15, -0.1) is 0 Å². The molecule has 0 bridgehead atoms. The topological polar surface area (TPSA) is 94.1 Å². The SMILES string of the molecule is C[C@@H]1CN([C@H](C)CO)C(=O)Cc2cc(NC(=O)Nc3cccc4ccccc34)ccc2O[C@@H]1CN(C)C. The number of carbonyl (C=O) groups is 2. The number of hydrogen-bond acceptors (Lipinski definition) is 5. The Bertz CT molecular complexity index is 1260. The molecule has 3 N–H and O–H groups in total. The molecule has 3 amide bonds. The van der Waals surface area contributed by atoms with Crippen LogP contribution in [0.15, 0.2) is 60.7 Å². The number of fused-ring (bicyclic) bond motifs is 2. The van der Waals surface area contributed by atoms with Crippen molar-refractivity contribution in [1.29, 1.82) is 0 Å². The average Bonchev–Trinajstić information content (AvgIpc) is 2.91. The van der Waals surface area contributed by atoms with Crippen LogP contribution in [0.25, 0.3) is 10.8 Å². The minimum atomic E-state index is -0.374. The summed E-state index contributed by atoms with van der Waals surface area (Å²) in [7, 11) is 3.98. The van der Waals surface area contributed by atoms with Gasteiger partial charge in [-0.2, -0.15) is 0 Å². The Morgan fingerprint density at radius 2 is 1.89 bits per heavy atom. The molecule has 0 spiro atoms. The molecule has 1 heterocycles. The summed E-state index contributed by atoms with van der Waals surface area (Å²) in [4.78, 5) is 30.0. The fraction of sp³-hybridized carbons (Fsp3) is 0.379. The summed E-state index contributed by atoms with van der Waals surface area (Å²) < 4.78 is 6.44. The smallest absolute Gasteiger partial charge is 0.323 e. The maximum absolute atomic E-state index is 13.3. The molecule has 37 heavy (non-hydrogen) atoms. The van der Waals surface area contributed by atoms with E-state index in [1.54, 1.807) is 17.0 Å². The summed E-state index contributed by atoms with van der Waals surface area (Å²) in [5.41, 5.74) is 1.97. The van der Waals surface area contributed by atoms with Gasteiger partial charge in [0.05, 0.1) is 24.8 Å². The molecule has 1 aliphatic heterocycles. The number of aliphatic hydroxyl groups is 1. The third kappa shape index (κ3) is 6.39. The van der Waals surface area contributed by atoms with Crippen LogP contribution in [0.4, 0.5) is 16.2 Å². The predicted molar refractivity (Wildman–Crippen MR) is 147 cm³/mol. The van der Waals surface area contributed by atoms with Gasteiger partial charge in [-0.1, -0.05) is 43.3 Å². The predicted octanol–water partition coefficient (Wildman–Crippen LogP) is 4.19. The Hall–Kier alpha value is -3.62. The molecule has 8 heteroatoms. The molecule has 0 saturated carbocycles. The largest absolute Gasteiger partial charge is 0.488 e. The highest BCUT2D eigenvalue weighted by atomic mass is 16.5. The normalized spacial score (nSPS) is 18.9. The van der Waals surface area contributed by atoms with E-state index in [4.69, 9.17) is 4.74 Å². The lowest BCUT2D eigenvalue weighted by atomic mass is 10.0. The van der Waals surface area contributed by atoms with Crippen LogP contribution < -0.4 is 15.4 Å². The molecule has 3 atom stereocenters. The number of anilines is 2. The molecule has 0 fully saturated rings. The van der Waals surface area contributed by atoms with E-state index in [0.717, 1.165) is 10.8 Å². The molecular weight excluding hydrogens is 468 g/mol. The molecule has 3 aromatic rings. The maximum atomic E-state index is 13.3. The molecule has 0 aromatic heterocycles. The van der Waals surface area contributed by atoms with Gasteiger partial charge >= 0.3 is 6.03 Å². The van der Waals surface area contributed by atoms with Crippen LogP contribution in [-0.2, 0) is 11.2 Å². The monoisotopic (exact) mass is 504 g/mol. The van der Waals surface area contributed by atoms with Crippen molar-refractivity contribution in [3.05, 3.63) is 66.2 Å². The van der Waals surface area contributed by atoms with Crippen molar-refractivity contribution in [3.8, 4) is 5.75 Å². The summed E-state index contributed by atoms with van der Waals surface area (Å²) in [6.07, 6.45) is -0.0387. The average molecular weight is 505 g/mol. The molecule has 8 nitrogen and oxygen atoms in total. The van der Waals surface area contributed by atoms with E-state index in [1.165, 1.54) is 0 Å². The zero-order valence-corrected chi connectivity index (χ0v) is 21.9. The van der Waals surface area contributed by atoms with Crippen molar-refractivity contribution in [2.24, 2.45) is 5.92 Å². The van der Waals surface area contributed by atoms with E-state index in [2.05, 4.69) is 22.5 Å². The zero-order chi connectivity index (χ0) is 26.5. The van der Waals surface area contributed by atoms with Gasteiger partial charge in [-0.3, -0.25) is 4.79 Å². The van der Waals surface area contributed by atoms with Crippen molar-refractivity contribution in [1.82, 2.24) is 9.80 Å². The number of nitrogens with zero attached hydrogens (tertiary/aromatic N) is 2. The molecule has 0 unspecified atom stereocenters. The van der Waals surface area contributed by atoms with Crippen LogP contribution in [-0.4, -0.2) is 72.8 Å². The first-order valence-corrected chi connectivity index (χ1v) is 12.7. The third-order valence-electron chi connectivity index (χ3n) is 6.76. The van der Waals surface area contributed by atoms with Crippen LogP contribution in [0.5, 0.6) is 5.75 Å². The van der Waals surface area contributed by atoms with Gasteiger partial charge < -0.3 is 30.3 Å². The molecule has 0 saturated heterocycles. The molecule has 0 aliphatic carbocycles. The van der Waals surface area contributed by atoms with Gasteiger partial charge in [0.1, 0.15) is 11.9 Å². The van der Waals surface area contributed by atoms with E-state index in [1.807, 2.05) is 69.6 Å².